The van der Waals surface area contributed by atoms with E-state index in [1.54, 1.807) is 7.11 Å². The van der Waals surface area contributed by atoms with E-state index in [1.807, 2.05) is 0 Å². The minimum Gasteiger partial charge on any atom is -0.375 e. The Balaban J connectivity index is 2.56. The first-order chi connectivity index (χ1) is 28.0. The number of unbranched alkanes of at least 4 members (excludes halogenated alkanes) is 18. The Morgan fingerprint density at radius 1 is 0.655 bits per heavy atom. The van der Waals surface area contributed by atoms with Gasteiger partial charge in [0.05, 0.1) is 19.3 Å². The number of nitrogens with zero attached hydrogens (tertiary/aromatic N) is 1. The molecule has 0 aromatic carbocycles. The molecule has 0 saturated carbocycles. The molecule has 1 heterocycles. The molecule has 7 heteroatoms. The summed E-state index contributed by atoms with van der Waals surface area (Å²) in [5.74, 6) is -0.448. The summed E-state index contributed by atoms with van der Waals surface area (Å²) >= 11 is 0. The smallest absolute Gasteiger partial charge is 0.195 e. The molecule has 0 radical (unpaired) electrons. The van der Waals surface area contributed by atoms with Gasteiger partial charge in [0.1, 0.15) is 6.35 Å². The molecule has 58 heavy (non-hydrogen) atoms. The van der Waals surface area contributed by atoms with E-state index in [4.69, 9.17) is 18.7 Å². The summed E-state index contributed by atoms with van der Waals surface area (Å²) in [5.41, 5.74) is -0.124. The predicted octanol–water partition coefficient (Wildman–Crippen LogP) is 15.6. The van der Waals surface area contributed by atoms with Crippen LogP contribution in [-0.4, -0.2) is 67.5 Å². The lowest BCUT2D eigenvalue weighted by Gasteiger charge is -2.43. The first kappa shape index (κ1) is 55.2. The van der Waals surface area contributed by atoms with Crippen molar-refractivity contribution in [2.24, 2.45) is 5.41 Å². The molecular formula is C51H96NO5P. The second-order valence-corrected chi connectivity index (χ2v) is 19.7. The molecule has 0 spiro atoms. The zero-order valence-electron chi connectivity index (χ0n) is 39.6. The molecule has 1 aliphatic rings. The minimum absolute atomic E-state index is 0.0568. The SMILES string of the molecule is CCCCCC=CCC=CCCCCCCCCC1(CCCCCCCCC=CCC=CCCCCC)OCC(C(C)(C)CC(C)(C)N(C)CCOP(O)COC)O1. The fraction of sp³-hybridized carbons (Fsp3) is 0.843. The van der Waals surface area contributed by atoms with Crippen molar-refractivity contribution in [2.75, 3.05) is 40.3 Å². The minimum atomic E-state index is -1.52. The van der Waals surface area contributed by atoms with Crippen molar-refractivity contribution in [2.45, 2.75) is 232 Å². The standard InChI is InChI=1S/C51H96NO5P/c1-9-11-13-15-17-19-21-23-25-27-29-31-33-35-37-39-41-51(42-40-38-36-34-32-30-28-26-24-22-20-18-16-14-12-10-2)55-45-48(57-51)49(3,4)46-50(5,6)52(7)43-44-56-58(53)47-54-8/h17-20,23-26,48,53H,9-16,21-22,27-47H2,1-8H3. The van der Waals surface area contributed by atoms with E-state index >= 15 is 0 Å². The maximum absolute atomic E-state index is 9.98. The fourth-order valence-electron chi connectivity index (χ4n) is 8.19. The summed E-state index contributed by atoms with van der Waals surface area (Å²) in [4.78, 5) is 12.3. The lowest BCUT2D eigenvalue weighted by molar-refractivity contribution is -0.191. The molecule has 1 N–H and O–H groups in total. The Kier molecular flexibility index (Phi) is 34.0. The summed E-state index contributed by atoms with van der Waals surface area (Å²) in [6, 6.07) is 0. The van der Waals surface area contributed by atoms with Crippen molar-refractivity contribution >= 4 is 8.38 Å². The molecule has 6 nitrogen and oxygen atoms in total. The van der Waals surface area contributed by atoms with Crippen molar-refractivity contribution in [3.8, 4) is 0 Å². The van der Waals surface area contributed by atoms with Gasteiger partial charge in [-0.25, -0.2) is 0 Å². The van der Waals surface area contributed by atoms with Crippen molar-refractivity contribution in [3.05, 3.63) is 48.6 Å². The van der Waals surface area contributed by atoms with E-state index in [0.29, 0.717) is 13.2 Å². The molecule has 0 bridgehead atoms. The molecule has 2 atom stereocenters. The molecule has 0 aromatic heterocycles. The van der Waals surface area contributed by atoms with Gasteiger partial charge in [-0.1, -0.05) is 153 Å². The van der Waals surface area contributed by atoms with Crippen LogP contribution in [0.4, 0.5) is 0 Å². The third kappa shape index (κ3) is 28.6. The van der Waals surface area contributed by atoms with Crippen LogP contribution in [0.2, 0.25) is 0 Å². The number of hydrogen-bond donors (Lipinski definition) is 1. The first-order valence-corrected chi connectivity index (χ1v) is 25.6. The van der Waals surface area contributed by atoms with Crippen LogP contribution in [0.3, 0.4) is 0 Å². The van der Waals surface area contributed by atoms with Crippen LogP contribution in [0.5, 0.6) is 0 Å². The molecule has 0 aliphatic carbocycles. The Morgan fingerprint density at radius 2 is 1.09 bits per heavy atom. The third-order valence-electron chi connectivity index (χ3n) is 12.1. The van der Waals surface area contributed by atoms with Gasteiger partial charge in [-0.3, -0.25) is 4.90 Å². The second kappa shape index (κ2) is 35.7. The van der Waals surface area contributed by atoms with Crippen molar-refractivity contribution in [1.82, 2.24) is 4.90 Å². The molecule has 0 aromatic rings. The van der Waals surface area contributed by atoms with Gasteiger partial charge in [0.25, 0.3) is 0 Å². The number of likely N-dealkylation sites (N-methyl/N-ethyl adjacent to an activating group) is 1. The molecule has 340 valence electrons. The number of ether oxygens (including phenoxy) is 3. The van der Waals surface area contributed by atoms with Crippen LogP contribution in [0.25, 0.3) is 0 Å². The zero-order valence-corrected chi connectivity index (χ0v) is 40.5. The van der Waals surface area contributed by atoms with Crippen LogP contribution < -0.4 is 0 Å². The second-order valence-electron chi connectivity index (χ2n) is 18.5. The normalized spacial score (nSPS) is 18.8. The first-order valence-electron chi connectivity index (χ1n) is 24.2. The lowest BCUT2D eigenvalue weighted by Crippen LogP contribution is -2.48. The van der Waals surface area contributed by atoms with E-state index in [2.05, 4.69) is 102 Å². The third-order valence-corrected chi connectivity index (χ3v) is 13.0. The molecule has 1 aliphatic heterocycles. The molecule has 1 fully saturated rings. The Labute approximate surface area is 362 Å². The largest absolute Gasteiger partial charge is 0.375 e. The van der Waals surface area contributed by atoms with Crippen LogP contribution in [0.15, 0.2) is 48.6 Å². The van der Waals surface area contributed by atoms with Crippen LogP contribution >= 0.6 is 8.38 Å². The number of hydrogen-bond acceptors (Lipinski definition) is 6. The molecule has 1 rings (SSSR count). The van der Waals surface area contributed by atoms with Gasteiger partial charge < -0.3 is 23.6 Å². The van der Waals surface area contributed by atoms with Gasteiger partial charge in [0.2, 0.25) is 0 Å². The summed E-state index contributed by atoms with van der Waals surface area (Å²) in [5, 5.41) is 0. The predicted molar refractivity (Wildman–Crippen MR) is 254 cm³/mol. The van der Waals surface area contributed by atoms with Gasteiger partial charge in [-0.15, -0.1) is 0 Å². The van der Waals surface area contributed by atoms with E-state index in [1.165, 1.54) is 141 Å². The maximum Gasteiger partial charge on any atom is 0.195 e. The molecule has 2 unspecified atom stereocenters. The highest BCUT2D eigenvalue weighted by atomic mass is 31.2. The highest BCUT2D eigenvalue weighted by Gasteiger charge is 2.48. The topological polar surface area (TPSA) is 60.4 Å². The van der Waals surface area contributed by atoms with Crippen LogP contribution in [-0.2, 0) is 18.7 Å². The van der Waals surface area contributed by atoms with E-state index in [9.17, 15) is 4.89 Å². The summed E-state index contributed by atoms with van der Waals surface area (Å²) in [6.45, 7) is 15.8. The number of allylic oxidation sites excluding steroid dienone is 8. The number of rotatable bonds is 40. The Bertz CT molecular complexity index is 1010. The van der Waals surface area contributed by atoms with Crippen molar-refractivity contribution < 1.29 is 23.6 Å². The summed E-state index contributed by atoms with van der Waals surface area (Å²) in [6.07, 6.45) is 52.4. The van der Waals surface area contributed by atoms with Gasteiger partial charge in [0.15, 0.2) is 14.2 Å². The summed E-state index contributed by atoms with van der Waals surface area (Å²) < 4.78 is 24.5. The average molecular weight is 834 g/mol. The average Bonchev–Trinajstić information content (AvgIpc) is 3.62. The quantitative estimate of drug-likeness (QED) is 0.0377. The van der Waals surface area contributed by atoms with Gasteiger partial charge in [0, 0.05) is 32.0 Å². The van der Waals surface area contributed by atoms with E-state index in [-0.39, 0.29) is 23.4 Å². The molecular weight excluding hydrogens is 738 g/mol. The highest BCUT2D eigenvalue weighted by molar-refractivity contribution is 7.45. The van der Waals surface area contributed by atoms with Gasteiger partial charge >= 0.3 is 0 Å². The van der Waals surface area contributed by atoms with Crippen LogP contribution in [0, 0.1) is 5.41 Å². The molecule has 0 amide bonds. The number of methoxy groups -OCH3 is 1. The zero-order chi connectivity index (χ0) is 42.6. The van der Waals surface area contributed by atoms with Crippen molar-refractivity contribution in [3.63, 3.8) is 0 Å². The van der Waals surface area contributed by atoms with Crippen LogP contribution in [0.1, 0.15) is 215 Å². The Hall–Kier alpha value is -0.850. The monoisotopic (exact) mass is 834 g/mol. The lowest BCUT2D eigenvalue weighted by atomic mass is 9.75. The highest BCUT2D eigenvalue weighted by Crippen LogP contribution is 2.44. The Morgan fingerprint density at radius 3 is 1.53 bits per heavy atom. The van der Waals surface area contributed by atoms with Gasteiger partial charge in [-0.05, 0) is 110 Å². The maximum atomic E-state index is 9.98. The summed E-state index contributed by atoms with van der Waals surface area (Å²) in [7, 11) is 2.22. The van der Waals surface area contributed by atoms with E-state index < -0.39 is 14.2 Å². The molecule has 1 saturated heterocycles. The fourth-order valence-corrected chi connectivity index (χ4v) is 8.78. The van der Waals surface area contributed by atoms with Gasteiger partial charge in [-0.2, -0.15) is 0 Å². The van der Waals surface area contributed by atoms with E-state index in [0.717, 1.165) is 38.6 Å². The van der Waals surface area contributed by atoms with Crippen molar-refractivity contribution in [1.29, 1.82) is 0 Å².